The van der Waals surface area contributed by atoms with Crippen molar-refractivity contribution >= 4 is 11.7 Å². The highest BCUT2D eigenvalue weighted by Gasteiger charge is 2.37. The highest BCUT2D eigenvalue weighted by Crippen LogP contribution is 2.32. The van der Waals surface area contributed by atoms with Gasteiger partial charge in [-0.1, -0.05) is 12.8 Å². The second-order valence-corrected chi connectivity index (χ2v) is 5.59. The lowest BCUT2D eigenvalue weighted by Crippen LogP contribution is -2.51. The Hall–Kier alpha value is -1.36. The number of aromatic nitrogens is 2. The molecule has 0 bridgehead atoms. The van der Waals surface area contributed by atoms with Crippen molar-refractivity contribution in [1.29, 1.82) is 0 Å². The minimum atomic E-state index is -0.393. The van der Waals surface area contributed by atoms with Gasteiger partial charge in [0.2, 0.25) is 5.91 Å². The topological polar surface area (TPSA) is 72.9 Å². The smallest absolute Gasteiger partial charge is 0.230 e. The van der Waals surface area contributed by atoms with Crippen molar-refractivity contribution in [2.45, 2.75) is 45.1 Å². The predicted molar refractivity (Wildman–Crippen MR) is 71.1 cm³/mol. The van der Waals surface area contributed by atoms with Crippen molar-refractivity contribution in [3.63, 3.8) is 0 Å². The second-order valence-electron chi connectivity index (χ2n) is 5.59. The van der Waals surface area contributed by atoms with Crippen LogP contribution in [0.25, 0.3) is 0 Å². The van der Waals surface area contributed by atoms with Crippen molar-refractivity contribution in [2.75, 3.05) is 5.32 Å². The van der Waals surface area contributed by atoms with Crippen LogP contribution in [0.2, 0.25) is 0 Å². The number of carbonyl (C=O) groups is 1. The first-order valence-corrected chi connectivity index (χ1v) is 6.50. The fourth-order valence-corrected chi connectivity index (χ4v) is 2.73. The van der Waals surface area contributed by atoms with Crippen LogP contribution >= 0.6 is 0 Å². The molecule has 0 spiro atoms. The minimum absolute atomic E-state index is 0.0164. The van der Waals surface area contributed by atoms with Gasteiger partial charge in [-0.25, -0.2) is 0 Å². The zero-order chi connectivity index (χ0) is 13.3. The molecule has 5 heteroatoms. The third-order valence-electron chi connectivity index (χ3n) is 3.82. The number of carbonyl (C=O) groups excluding carboxylic acids is 1. The monoisotopic (exact) mass is 250 g/mol. The number of anilines is 1. The lowest BCUT2D eigenvalue weighted by Gasteiger charge is -2.37. The molecule has 18 heavy (non-hydrogen) atoms. The van der Waals surface area contributed by atoms with Crippen LogP contribution in [0.4, 0.5) is 5.82 Å². The van der Waals surface area contributed by atoms with E-state index in [1.165, 1.54) is 0 Å². The van der Waals surface area contributed by atoms with Gasteiger partial charge in [-0.2, -0.15) is 5.10 Å². The maximum atomic E-state index is 12.3. The van der Waals surface area contributed by atoms with Gasteiger partial charge in [0.15, 0.2) is 0 Å². The van der Waals surface area contributed by atoms with E-state index in [-0.39, 0.29) is 11.8 Å². The maximum absolute atomic E-state index is 12.3. The molecule has 0 saturated heterocycles. The third kappa shape index (κ3) is 2.56. The molecule has 5 nitrogen and oxygen atoms in total. The molecule has 2 atom stereocenters. The second kappa shape index (κ2) is 4.72. The third-order valence-corrected chi connectivity index (χ3v) is 3.82. The minimum Gasteiger partial charge on any atom is -0.325 e. The molecule has 1 heterocycles. The number of aryl methyl sites for hydroxylation is 2. The standard InChI is InChI=1S/C13H22N4O/c1-9-8-11(17(3)16-9)15-12(18)10-6-4-5-7-13(10,2)14/h8,10H,4-7,14H2,1-3H3,(H,15,18). The van der Waals surface area contributed by atoms with Crippen molar-refractivity contribution in [1.82, 2.24) is 9.78 Å². The highest BCUT2D eigenvalue weighted by molar-refractivity contribution is 5.92. The summed E-state index contributed by atoms with van der Waals surface area (Å²) in [4.78, 5) is 12.3. The van der Waals surface area contributed by atoms with Crippen molar-refractivity contribution in [2.24, 2.45) is 18.7 Å². The van der Waals surface area contributed by atoms with Crippen molar-refractivity contribution in [3.05, 3.63) is 11.8 Å². The average Bonchev–Trinajstić information content (AvgIpc) is 2.56. The van der Waals surface area contributed by atoms with E-state index < -0.39 is 5.54 Å². The average molecular weight is 250 g/mol. The lowest BCUT2D eigenvalue weighted by atomic mass is 9.74. The zero-order valence-corrected chi connectivity index (χ0v) is 11.4. The summed E-state index contributed by atoms with van der Waals surface area (Å²) in [5, 5.41) is 7.15. The summed E-state index contributed by atoms with van der Waals surface area (Å²) in [6, 6.07) is 1.87. The first-order chi connectivity index (χ1) is 8.40. The van der Waals surface area contributed by atoms with E-state index in [1.54, 1.807) is 4.68 Å². The number of nitrogens with zero attached hydrogens (tertiary/aromatic N) is 2. The molecular formula is C13H22N4O. The summed E-state index contributed by atoms with van der Waals surface area (Å²) in [5.41, 5.74) is 6.74. The molecule has 100 valence electrons. The number of hydrogen-bond acceptors (Lipinski definition) is 3. The van der Waals surface area contributed by atoms with E-state index in [0.717, 1.165) is 37.2 Å². The van der Waals surface area contributed by atoms with Crippen LogP contribution in [0.5, 0.6) is 0 Å². The van der Waals surface area contributed by atoms with Crippen molar-refractivity contribution < 1.29 is 4.79 Å². The summed E-state index contributed by atoms with van der Waals surface area (Å²) < 4.78 is 1.68. The van der Waals surface area contributed by atoms with Gasteiger partial charge in [-0.15, -0.1) is 0 Å². The van der Waals surface area contributed by atoms with Gasteiger partial charge in [-0.05, 0) is 26.7 Å². The van der Waals surface area contributed by atoms with Crippen molar-refractivity contribution in [3.8, 4) is 0 Å². The highest BCUT2D eigenvalue weighted by atomic mass is 16.2. The van der Waals surface area contributed by atoms with Gasteiger partial charge in [0.25, 0.3) is 0 Å². The van der Waals surface area contributed by atoms with Crippen LogP contribution in [0.3, 0.4) is 0 Å². The Balaban J connectivity index is 2.10. The number of amides is 1. The van der Waals surface area contributed by atoms with Gasteiger partial charge < -0.3 is 11.1 Å². The quantitative estimate of drug-likeness (QED) is 0.837. The molecule has 2 rings (SSSR count). The Bertz CT molecular complexity index is 450. The van der Waals surface area contributed by atoms with Crippen LogP contribution in [0, 0.1) is 12.8 Å². The summed E-state index contributed by atoms with van der Waals surface area (Å²) in [7, 11) is 1.82. The molecule has 1 aliphatic carbocycles. The van der Waals surface area contributed by atoms with Gasteiger partial charge in [0, 0.05) is 18.7 Å². The van der Waals surface area contributed by atoms with E-state index in [0.29, 0.717) is 0 Å². The van der Waals surface area contributed by atoms with Gasteiger partial charge >= 0.3 is 0 Å². The largest absolute Gasteiger partial charge is 0.325 e. The Morgan fingerprint density at radius 3 is 2.89 bits per heavy atom. The normalized spacial score (nSPS) is 28.1. The lowest BCUT2D eigenvalue weighted by molar-refractivity contribution is -0.122. The van der Waals surface area contributed by atoms with E-state index >= 15 is 0 Å². The molecule has 1 aromatic rings. The summed E-state index contributed by atoms with van der Waals surface area (Å²) in [6.07, 6.45) is 3.97. The Labute approximate surface area is 108 Å². The number of rotatable bonds is 2. The molecule has 1 aromatic heterocycles. The molecule has 1 fully saturated rings. The molecule has 0 radical (unpaired) electrons. The first-order valence-electron chi connectivity index (χ1n) is 6.50. The Kier molecular flexibility index (Phi) is 3.43. The van der Waals surface area contributed by atoms with Gasteiger partial charge in [0.05, 0.1) is 11.6 Å². The Morgan fingerprint density at radius 2 is 2.33 bits per heavy atom. The fraction of sp³-hybridized carbons (Fsp3) is 0.692. The first kappa shape index (κ1) is 13.1. The molecule has 1 saturated carbocycles. The predicted octanol–water partition coefficient (Wildman–Crippen LogP) is 1.57. The SMILES string of the molecule is Cc1cc(NC(=O)C2CCCCC2(C)N)n(C)n1. The molecule has 2 unspecified atom stereocenters. The molecule has 0 aliphatic heterocycles. The number of nitrogens with one attached hydrogen (secondary N) is 1. The number of nitrogens with two attached hydrogens (primary N) is 1. The van der Waals surface area contributed by atoms with Crippen LogP contribution < -0.4 is 11.1 Å². The van der Waals surface area contributed by atoms with Gasteiger partial charge in [-0.3, -0.25) is 9.48 Å². The Morgan fingerprint density at radius 1 is 1.61 bits per heavy atom. The summed E-state index contributed by atoms with van der Waals surface area (Å²) >= 11 is 0. The van der Waals surface area contributed by atoms with Crippen LogP contribution in [-0.4, -0.2) is 21.2 Å². The van der Waals surface area contributed by atoms with E-state index in [2.05, 4.69) is 10.4 Å². The van der Waals surface area contributed by atoms with Gasteiger partial charge in [0.1, 0.15) is 5.82 Å². The summed E-state index contributed by atoms with van der Waals surface area (Å²) in [6.45, 7) is 3.88. The fourth-order valence-electron chi connectivity index (χ4n) is 2.73. The van der Waals surface area contributed by atoms with E-state index in [1.807, 2.05) is 27.0 Å². The van der Waals surface area contributed by atoms with Crippen LogP contribution in [0.15, 0.2) is 6.07 Å². The van der Waals surface area contributed by atoms with E-state index in [9.17, 15) is 4.79 Å². The van der Waals surface area contributed by atoms with Crippen LogP contribution in [0.1, 0.15) is 38.3 Å². The van der Waals surface area contributed by atoms with E-state index in [4.69, 9.17) is 5.73 Å². The maximum Gasteiger partial charge on any atom is 0.230 e. The van der Waals surface area contributed by atoms with Crippen LogP contribution in [-0.2, 0) is 11.8 Å². The summed E-state index contributed by atoms with van der Waals surface area (Å²) in [5.74, 6) is 0.642. The molecule has 1 aliphatic rings. The molecule has 3 N–H and O–H groups in total. The molecule has 1 amide bonds. The zero-order valence-electron chi connectivity index (χ0n) is 11.4. The molecular weight excluding hydrogens is 228 g/mol. The number of hydrogen-bond donors (Lipinski definition) is 2. The molecule has 0 aromatic carbocycles.